The van der Waals surface area contributed by atoms with E-state index in [-0.39, 0.29) is 11.3 Å². The number of amides is 2. The Hall–Kier alpha value is -4.13. The number of ether oxygens (including phenoxy) is 1. The van der Waals surface area contributed by atoms with Crippen LogP contribution in [0.15, 0.2) is 78.5 Å². The average Bonchev–Trinajstić information content (AvgIpc) is 3.04. The smallest absolute Gasteiger partial charge is 0.282 e. The first kappa shape index (κ1) is 21.1. The fourth-order valence-electron chi connectivity index (χ4n) is 3.49. The molecule has 6 nitrogen and oxygen atoms in total. The first-order valence-electron chi connectivity index (χ1n) is 9.96. The number of benzene rings is 3. The summed E-state index contributed by atoms with van der Waals surface area (Å²) in [5, 5.41) is 3.08. The molecular formula is C25H22FN3O3. The van der Waals surface area contributed by atoms with Crippen molar-refractivity contribution < 1.29 is 18.7 Å². The highest BCUT2D eigenvalue weighted by molar-refractivity contribution is 6.46. The number of nitrogens with zero attached hydrogens (tertiary/aromatic N) is 2. The fourth-order valence-corrected chi connectivity index (χ4v) is 3.49. The van der Waals surface area contributed by atoms with Gasteiger partial charge in [-0.3, -0.25) is 9.59 Å². The second-order valence-electron chi connectivity index (χ2n) is 7.47. The first-order chi connectivity index (χ1) is 15.4. The van der Waals surface area contributed by atoms with E-state index >= 15 is 0 Å². The molecule has 0 fully saturated rings. The molecule has 0 saturated carbocycles. The lowest BCUT2D eigenvalue weighted by atomic mass is 10.0. The van der Waals surface area contributed by atoms with Gasteiger partial charge >= 0.3 is 0 Å². The zero-order valence-electron chi connectivity index (χ0n) is 17.9. The van der Waals surface area contributed by atoms with Gasteiger partial charge in [-0.25, -0.2) is 9.29 Å². The van der Waals surface area contributed by atoms with Crippen LogP contribution < -0.4 is 19.9 Å². The third kappa shape index (κ3) is 3.92. The summed E-state index contributed by atoms with van der Waals surface area (Å²) in [5.41, 5.74) is 2.68. The zero-order chi connectivity index (χ0) is 22.8. The summed E-state index contributed by atoms with van der Waals surface area (Å²) in [5.74, 6) is -0.722. The quantitative estimate of drug-likeness (QED) is 0.590. The highest BCUT2D eigenvalue weighted by Crippen LogP contribution is 2.35. The SMILES string of the molecule is COc1ccc(NC2=C(c3ccc(F)cc3)C(=O)N(c3cccc(N(C)C)c3)C2=O)cc1. The van der Waals surface area contributed by atoms with Gasteiger partial charge < -0.3 is 15.0 Å². The molecule has 1 aliphatic heterocycles. The molecule has 0 atom stereocenters. The minimum Gasteiger partial charge on any atom is -0.497 e. The molecule has 4 rings (SSSR count). The molecule has 0 saturated heterocycles. The van der Waals surface area contributed by atoms with Gasteiger partial charge in [0, 0.05) is 25.5 Å². The van der Waals surface area contributed by atoms with Crippen molar-refractivity contribution in [3.8, 4) is 5.75 Å². The molecular weight excluding hydrogens is 409 g/mol. The Bertz CT molecular complexity index is 1200. The maximum absolute atomic E-state index is 13.5. The second kappa shape index (κ2) is 8.55. The summed E-state index contributed by atoms with van der Waals surface area (Å²) in [6.45, 7) is 0. The van der Waals surface area contributed by atoms with E-state index in [0.29, 0.717) is 22.7 Å². The molecule has 1 heterocycles. The van der Waals surface area contributed by atoms with Gasteiger partial charge in [-0.1, -0.05) is 18.2 Å². The van der Waals surface area contributed by atoms with Gasteiger partial charge in [0.15, 0.2) is 0 Å². The summed E-state index contributed by atoms with van der Waals surface area (Å²) >= 11 is 0. The van der Waals surface area contributed by atoms with Crippen LogP contribution in [0.4, 0.5) is 21.5 Å². The van der Waals surface area contributed by atoms with Crippen LogP contribution in [0.5, 0.6) is 5.75 Å². The van der Waals surface area contributed by atoms with Crippen molar-refractivity contribution >= 4 is 34.4 Å². The minimum absolute atomic E-state index is 0.127. The van der Waals surface area contributed by atoms with E-state index in [9.17, 15) is 14.0 Å². The van der Waals surface area contributed by atoms with Gasteiger partial charge in [0.05, 0.1) is 18.4 Å². The molecule has 0 spiro atoms. The van der Waals surface area contributed by atoms with Crippen molar-refractivity contribution in [1.82, 2.24) is 0 Å². The van der Waals surface area contributed by atoms with Crippen LogP contribution in [-0.2, 0) is 9.59 Å². The number of hydrogen-bond acceptors (Lipinski definition) is 5. The molecule has 7 heteroatoms. The molecule has 2 amide bonds. The molecule has 3 aromatic rings. The predicted molar refractivity (Wildman–Crippen MR) is 123 cm³/mol. The number of methoxy groups -OCH3 is 1. The number of carbonyl (C=O) groups excluding carboxylic acids is 2. The van der Waals surface area contributed by atoms with Crippen LogP contribution in [0.1, 0.15) is 5.56 Å². The summed E-state index contributed by atoms with van der Waals surface area (Å²) in [6.07, 6.45) is 0. The number of hydrogen-bond donors (Lipinski definition) is 1. The van der Waals surface area contributed by atoms with Crippen LogP contribution in [-0.4, -0.2) is 33.0 Å². The standard InChI is InChI=1S/C25H22FN3O3/c1-28(2)19-5-4-6-20(15-19)29-24(30)22(16-7-9-17(26)10-8-16)23(25(29)31)27-18-11-13-21(32-3)14-12-18/h4-15,27H,1-3H3. The lowest BCUT2D eigenvalue weighted by molar-refractivity contribution is -0.120. The lowest BCUT2D eigenvalue weighted by Crippen LogP contribution is -2.32. The van der Waals surface area contributed by atoms with Crippen LogP contribution in [0.25, 0.3) is 5.57 Å². The largest absolute Gasteiger partial charge is 0.497 e. The Morgan fingerprint density at radius 2 is 1.59 bits per heavy atom. The molecule has 0 aliphatic carbocycles. The van der Waals surface area contributed by atoms with Crippen LogP contribution >= 0.6 is 0 Å². The van der Waals surface area contributed by atoms with E-state index in [1.807, 2.05) is 25.1 Å². The van der Waals surface area contributed by atoms with Crippen molar-refractivity contribution in [3.63, 3.8) is 0 Å². The Morgan fingerprint density at radius 3 is 2.22 bits per heavy atom. The number of nitrogens with one attached hydrogen (secondary N) is 1. The summed E-state index contributed by atoms with van der Waals surface area (Å²) < 4.78 is 18.7. The van der Waals surface area contributed by atoms with Crippen molar-refractivity contribution in [1.29, 1.82) is 0 Å². The van der Waals surface area contributed by atoms with Crippen molar-refractivity contribution in [2.45, 2.75) is 0 Å². The topological polar surface area (TPSA) is 61.9 Å². The van der Waals surface area contributed by atoms with Gasteiger partial charge in [-0.2, -0.15) is 0 Å². The average molecular weight is 431 g/mol. The maximum Gasteiger partial charge on any atom is 0.282 e. The minimum atomic E-state index is -0.485. The molecule has 0 unspecified atom stereocenters. The van der Waals surface area contributed by atoms with E-state index < -0.39 is 17.6 Å². The van der Waals surface area contributed by atoms with E-state index in [4.69, 9.17) is 4.74 Å². The van der Waals surface area contributed by atoms with Crippen LogP contribution in [0.3, 0.4) is 0 Å². The number of anilines is 3. The molecule has 32 heavy (non-hydrogen) atoms. The van der Waals surface area contributed by atoms with E-state index in [1.54, 1.807) is 49.6 Å². The highest BCUT2D eigenvalue weighted by atomic mass is 19.1. The third-order valence-corrected chi connectivity index (χ3v) is 5.18. The summed E-state index contributed by atoms with van der Waals surface area (Å²) in [6, 6.07) is 19.7. The van der Waals surface area contributed by atoms with Crippen molar-refractivity contribution in [3.05, 3.63) is 89.9 Å². The number of rotatable bonds is 6. The van der Waals surface area contributed by atoms with Gasteiger partial charge in [-0.05, 0) is 60.2 Å². The number of carbonyl (C=O) groups is 2. The van der Waals surface area contributed by atoms with Crippen LogP contribution in [0.2, 0.25) is 0 Å². The van der Waals surface area contributed by atoms with E-state index in [1.165, 1.54) is 24.3 Å². The molecule has 0 radical (unpaired) electrons. The van der Waals surface area contributed by atoms with Crippen LogP contribution in [0, 0.1) is 5.82 Å². The second-order valence-corrected chi connectivity index (χ2v) is 7.47. The van der Waals surface area contributed by atoms with Gasteiger partial charge in [-0.15, -0.1) is 0 Å². The monoisotopic (exact) mass is 431 g/mol. The Balaban J connectivity index is 1.79. The fraction of sp³-hybridized carbons (Fsp3) is 0.120. The maximum atomic E-state index is 13.5. The summed E-state index contributed by atoms with van der Waals surface area (Å²) in [4.78, 5) is 29.9. The van der Waals surface area contributed by atoms with E-state index in [2.05, 4.69) is 5.32 Å². The third-order valence-electron chi connectivity index (χ3n) is 5.18. The molecule has 1 aliphatic rings. The molecule has 162 valence electrons. The lowest BCUT2D eigenvalue weighted by Gasteiger charge is -2.19. The predicted octanol–water partition coefficient (Wildman–Crippen LogP) is 4.30. The van der Waals surface area contributed by atoms with Gasteiger partial charge in [0.25, 0.3) is 11.8 Å². The molecule has 0 bridgehead atoms. The van der Waals surface area contributed by atoms with E-state index in [0.717, 1.165) is 10.6 Å². The normalized spacial score (nSPS) is 13.6. The van der Waals surface area contributed by atoms with Gasteiger partial charge in [0.1, 0.15) is 17.3 Å². The Kier molecular flexibility index (Phi) is 5.64. The van der Waals surface area contributed by atoms with Crippen molar-refractivity contribution in [2.24, 2.45) is 0 Å². The van der Waals surface area contributed by atoms with Gasteiger partial charge in [0.2, 0.25) is 0 Å². The number of halogens is 1. The molecule has 1 N–H and O–H groups in total. The Labute approximate surface area is 185 Å². The molecule has 3 aromatic carbocycles. The summed E-state index contributed by atoms with van der Waals surface area (Å²) in [7, 11) is 5.33. The Morgan fingerprint density at radius 1 is 0.906 bits per heavy atom. The highest BCUT2D eigenvalue weighted by Gasteiger charge is 2.40. The van der Waals surface area contributed by atoms with Crippen molar-refractivity contribution in [2.75, 3.05) is 36.3 Å². The molecule has 0 aromatic heterocycles. The zero-order valence-corrected chi connectivity index (χ0v) is 17.9. The first-order valence-corrected chi connectivity index (χ1v) is 9.96. The number of imide groups is 1.